The smallest absolute Gasteiger partial charge is 0.143 e. The topological polar surface area (TPSA) is 23.0 Å². The van der Waals surface area contributed by atoms with Crippen molar-refractivity contribution in [1.29, 1.82) is 0 Å². The van der Waals surface area contributed by atoms with Gasteiger partial charge in [-0.25, -0.2) is 0 Å². The molecule has 3 nitrogen and oxygen atoms in total. The van der Waals surface area contributed by atoms with Gasteiger partial charge in [0.05, 0.1) is 22.1 Å². The summed E-state index contributed by atoms with van der Waals surface area (Å²) in [5.74, 6) is 0. The average molecular weight is 1040 g/mol. The van der Waals surface area contributed by atoms with E-state index in [0.29, 0.717) is 0 Å². The van der Waals surface area contributed by atoms with E-state index in [4.69, 9.17) is 4.42 Å². The minimum absolute atomic E-state index is 0.109. The third-order valence-electron chi connectivity index (χ3n) is 18.5. The number of nitrogens with zero attached hydrogens (tertiary/aromatic N) is 2. The van der Waals surface area contributed by atoms with Crippen molar-refractivity contribution >= 4 is 65.6 Å². The highest BCUT2D eigenvalue weighted by molar-refractivity contribution is 6.15. The summed E-state index contributed by atoms with van der Waals surface area (Å²) in [5, 5.41) is 7.20. The Morgan fingerprint density at radius 1 is 0.259 bits per heavy atom. The highest BCUT2D eigenvalue weighted by Gasteiger charge is 2.38. The second-order valence-electron chi connectivity index (χ2n) is 23.6. The monoisotopic (exact) mass is 1030 g/mol. The molecule has 2 aliphatic carbocycles. The van der Waals surface area contributed by atoms with Gasteiger partial charge >= 0.3 is 0 Å². The normalized spacial score (nSPS) is 13.9. The highest BCUT2D eigenvalue weighted by atomic mass is 16.3. The molecule has 17 rings (SSSR count). The van der Waals surface area contributed by atoms with Crippen molar-refractivity contribution in [3.8, 4) is 78.1 Å². The van der Waals surface area contributed by atoms with Crippen LogP contribution in [-0.2, 0) is 10.8 Å². The standard InChI is InChI=1S/C78H54N2O/c1-77(2)67-30-14-11-25-57(67)61-43-64-59-27-13-16-32-71(59)79(73(64)45-69(61)77)54-24-17-23-51(38-54)56-28-18-29-60-66-42-50(34-36-75(66)81-76(56)60)49-33-35-72-63(41-49)65-44-62-58-26-12-15-31-68(58)78(3,4)70(62)46-74(65)80(72)55-39-52(47-19-7-5-8-20-47)37-53(40-55)48-21-9-6-10-22-48/h5-46H,1-4H3. The van der Waals surface area contributed by atoms with Gasteiger partial charge in [0.25, 0.3) is 0 Å². The third-order valence-corrected chi connectivity index (χ3v) is 18.5. The molecule has 12 aromatic carbocycles. The number of rotatable bonds is 6. The van der Waals surface area contributed by atoms with Crippen molar-refractivity contribution in [2.24, 2.45) is 0 Å². The van der Waals surface area contributed by atoms with Crippen molar-refractivity contribution in [3.05, 3.63) is 277 Å². The van der Waals surface area contributed by atoms with Crippen LogP contribution >= 0.6 is 0 Å². The van der Waals surface area contributed by atoms with Gasteiger partial charge in [0, 0.05) is 60.1 Å². The molecule has 0 saturated carbocycles. The molecule has 0 amide bonds. The van der Waals surface area contributed by atoms with Crippen LogP contribution in [0, 0.1) is 0 Å². The van der Waals surface area contributed by atoms with E-state index in [0.717, 1.165) is 55.6 Å². The summed E-state index contributed by atoms with van der Waals surface area (Å²) in [6, 6.07) is 94.8. The van der Waals surface area contributed by atoms with Crippen LogP contribution in [0.4, 0.5) is 0 Å². The second-order valence-corrected chi connectivity index (χ2v) is 23.6. The van der Waals surface area contributed by atoms with Crippen molar-refractivity contribution < 1.29 is 4.42 Å². The molecule has 3 aromatic heterocycles. The molecular weight excluding hydrogens is 981 g/mol. The molecule has 3 heterocycles. The Balaban J connectivity index is 0.813. The Bertz CT molecular complexity index is 5100. The maximum Gasteiger partial charge on any atom is 0.143 e. The molecule has 2 aliphatic rings. The Labute approximate surface area is 470 Å². The van der Waals surface area contributed by atoms with E-state index in [1.54, 1.807) is 0 Å². The van der Waals surface area contributed by atoms with E-state index in [2.05, 4.69) is 292 Å². The average Bonchev–Trinajstić information content (AvgIpc) is 2.73. The lowest BCUT2D eigenvalue weighted by molar-refractivity contribution is 0.661. The Morgan fingerprint density at radius 2 is 0.741 bits per heavy atom. The van der Waals surface area contributed by atoms with Crippen LogP contribution in [0.5, 0.6) is 0 Å². The third kappa shape index (κ3) is 6.64. The summed E-state index contributed by atoms with van der Waals surface area (Å²) >= 11 is 0. The highest BCUT2D eigenvalue weighted by Crippen LogP contribution is 2.53. The predicted octanol–water partition coefficient (Wildman–Crippen LogP) is 21.1. The maximum absolute atomic E-state index is 6.95. The number of aromatic nitrogens is 2. The second kappa shape index (κ2) is 16.8. The molecule has 15 aromatic rings. The van der Waals surface area contributed by atoms with Gasteiger partial charge < -0.3 is 13.6 Å². The molecule has 0 bridgehead atoms. The molecule has 0 radical (unpaired) electrons. The summed E-state index contributed by atoms with van der Waals surface area (Å²) < 4.78 is 11.9. The van der Waals surface area contributed by atoms with Crippen LogP contribution in [0.2, 0.25) is 0 Å². The molecule has 0 atom stereocenters. The quantitative estimate of drug-likeness (QED) is 0.163. The van der Waals surface area contributed by atoms with Crippen LogP contribution in [-0.4, -0.2) is 9.13 Å². The summed E-state index contributed by atoms with van der Waals surface area (Å²) in [4.78, 5) is 0. The molecule has 0 fully saturated rings. The minimum Gasteiger partial charge on any atom is -0.455 e. The van der Waals surface area contributed by atoms with Crippen molar-refractivity contribution in [3.63, 3.8) is 0 Å². The predicted molar refractivity (Wildman–Crippen MR) is 339 cm³/mol. The molecular formula is C78H54N2O. The van der Waals surface area contributed by atoms with Gasteiger partial charge in [0.1, 0.15) is 11.2 Å². The van der Waals surface area contributed by atoms with Crippen molar-refractivity contribution in [2.75, 3.05) is 0 Å². The fourth-order valence-corrected chi connectivity index (χ4v) is 14.5. The lowest BCUT2D eigenvalue weighted by Crippen LogP contribution is -2.15. The molecule has 0 spiro atoms. The lowest BCUT2D eigenvalue weighted by atomic mass is 9.82. The first-order valence-corrected chi connectivity index (χ1v) is 28.4. The van der Waals surface area contributed by atoms with Crippen molar-refractivity contribution in [2.45, 2.75) is 38.5 Å². The largest absolute Gasteiger partial charge is 0.455 e. The zero-order chi connectivity index (χ0) is 53.9. The van der Waals surface area contributed by atoms with Crippen molar-refractivity contribution in [1.82, 2.24) is 9.13 Å². The van der Waals surface area contributed by atoms with Gasteiger partial charge in [-0.15, -0.1) is 0 Å². The lowest BCUT2D eigenvalue weighted by Gasteiger charge is -2.22. The number of hydrogen-bond acceptors (Lipinski definition) is 1. The number of furan rings is 1. The van der Waals surface area contributed by atoms with Gasteiger partial charge in [0.15, 0.2) is 0 Å². The van der Waals surface area contributed by atoms with E-state index in [-0.39, 0.29) is 10.8 Å². The first-order valence-electron chi connectivity index (χ1n) is 28.4. The first kappa shape index (κ1) is 46.0. The van der Waals surface area contributed by atoms with Gasteiger partial charge in [-0.2, -0.15) is 0 Å². The van der Waals surface area contributed by atoms with Crippen LogP contribution in [0.1, 0.15) is 49.9 Å². The van der Waals surface area contributed by atoms with Gasteiger partial charge in [-0.05, 0) is 168 Å². The van der Waals surface area contributed by atoms with Crippen LogP contribution in [0.25, 0.3) is 144 Å². The number of hydrogen-bond donors (Lipinski definition) is 0. The van der Waals surface area contributed by atoms with E-state index in [1.165, 1.54) is 110 Å². The van der Waals surface area contributed by atoms with Crippen LogP contribution < -0.4 is 0 Å². The fourth-order valence-electron chi connectivity index (χ4n) is 14.5. The molecule has 0 aliphatic heterocycles. The summed E-state index contributed by atoms with van der Waals surface area (Å²) in [6.07, 6.45) is 0. The van der Waals surface area contributed by atoms with Gasteiger partial charge in [0.2, 0.25) is 0 Å². The number of para-hydroxylation sites is 2. The van der Waals surface area contributed by atoms with E-state index in [1.807, 2.05) is 0 Å². The zero-order valence-corrected chi connectivity index (χ0v) is 45.6. The van der Waals surface area contributed by atoms with E-state index >= 15 is 0 Å². The van der Waals surface area contributed by atoms with Gasteiger partial charge in [-0.1, -0.05) is 198 Å². The molecule has 0 unspecified atom stereocenters. The van der Waals surface area contributed by atoms with Crippen LogP contribution in [0.15, 0.2) is 259 Å². The number of benzene rings is 12. The maximum atomic E-state index is 6.95. The molecule has 0 saturated heterocycles. The minimum atomic E-state index is -0.155. The summed E-state index contributed by atoms with van der Waals surface area (Å²) in [7, 11) is 0. The fraction of sp³-hybridized carbons (Fsp3) is 0.0769. The Kier molecular flexibility index (Phi) is 9.53. The zero-order valence-electron chi connectivity index (χ0n) is 45.6. The molecule has 3 heteroatoms. The first-order chi connectivity index (χ1) is 39.7. The van der Waals surface area contributed by atoms with Crippen LogP contribution in [0.3, 0.4) is 0 Å². The molecule has 382 valence electrons. The SMILES string of the molecule is CC1(C)c2ccccc2-c2cc3c4ccccc4n(-c4cccc(-c5cccc6c5oc5ccc(-c7ccc8c(c7)c7cc9c(cc7n8-c7cc(-c8ccccc8)cc(-c8ccccc8)c7)C(C)(C)c7ccccc7-9)cc56)c4)c3cc21. The Hall–Kier alpha value is -9.96. The van der Waals surface area contributed by atoms with E-state index in [9.17, 15) is 0 Å². The molecule has 81 heavy (non-hydrogen) atoms. The van der Waals surface area contributed by atoms with Gasteiger partial charge in [-0.3, -0.25) is 0 Å². The summed E-state index contributed by atoms with van der Waals surface area (Å²) in [5.41, 5.74) is 28.6. The number of fused-ring (bicyclic) bond motifs is 15. The summed E-state index contributed by atoms with van der Waals surface area (Å²) in [6.45, 7) is 9.49. The molecule has 0 N–H and O–H groups in total. The Morgan fingerprint density at radius 3 is 1.41 bits per heavy atom. The van der Waals surface area contributed by atoms with E-state index < -0.39 is 0 Å².